The molecule has 0 bridgehead atoms. The van der Waals surface area contributed by atoms with Crippen molar-refractivity contribution in [3.8, 4) is 0 Å². The number of benzene rings is 1. The van der Waals surface area contributed by atoms with Gasteiger partial charge in [-0.3, -0.25) is 9.59 Å². The monoisotopic (exact) mass is 300 g/mol. The Morgan fingerprint density at radius 1 is 1.09 bits per heavy atom. The third kappa shape index (κ3) is 3.01. The molecule has 1 unspecified atom stereocenters. The first-order valence-corrected chi connectivity index (χ1v) is 8.29. The number of carbonyl (C=O) groups excluding carboxylic acids is 2. The molecule has 2 amide bonds. The number of piperidine rings is 1. The average molecular weight is 300 g/mol. The van der Waals surface area contributed by atoms with Gasteiger partial charge in [-0.2, -0.15) is 0 Å². The van der Waals surface area contributed by atoms with E-state index >= 15 is 0 Å². The molecule has 1 saturated heterocycles. The second-order valence-electron chi connectivity index (χ2n) is 6.32. The molecule has 3 rings (SSSR count). The molecule has 2 heterocycles. The number of fused-ring (bicyclic) bond motifs is 1. The van der Waals surface area contributed by atoms with Crippen LogP contribution >= 0.6 is 0 Å². The molecule has 118 valence electrons. The van der Waals surface area contributed by atoms with Crippen LogP contribution in [0.15, 0.2) is 24.3 Å². The third-order valence-electron chi connectivity index (χ3n) is 4.89. The first kappa shape index (κ1) is 15.1. The molecule has 1 fully saturated rings. The van der Waals surface area contributed by atoms with Crippen molar-refractivity contribution in [3.63, 3.8) is 0 Å². The second-order valence-corrected chi connectivity index (χ2v) is 6.32. The fourth-order valence-corrected chi connectivity index (χ4v) is 3.69. The largest absolute Gasteiger partial charge is 0.343 e. The molecule has 0 aliphatic carbocycles. The van der Waals surface area contributed by atoms with Crippen molar-refractivity contribution in [3.05, 3.63) is 35.4 Å². The number of nitrogens with zero attached hydrogens (tertiary/aromatic N) is 2. The van der Waals surface area contributed by atoms with Gasteiger partial charge in [-0.15, -0.1) is 0 Å². The zero-order valence-electron chi connectivity index (χ0n) is 13.3. The van der Waals surface area contributed by atoms with E-state index in [9.17, 15) is 9.59 Å². The van der Waals surface area contributed by atoms with Gasteiger partial charge in [0.25, 0.3) is 0 Å². The zero-order valence-corrected chi connectivity index (χ0v) is 13.3. The predicted molar refractivity (Wildman–Crippen MR) is 85.3 cm³/mol. The SMILES string of the molecule is CC(=O)N1CCc2ccccc2C1CC(=O)N1CCCCC1. The lowest BCUT2D eigenvalue weighted by Crippen LogP contribution is -2.43. The maximum Gasteiger partial charge on any atom is 0.224 e. The topological polar surface area (TPSA) is 40.6 Å². The van der Waals surface area contributed by atoms with Crippen LogP contribution in [0.25, 0.3) is 0 Å². The van der Waals surface area contributed by atoms with E-state index in [0.717, 1.165) is 37.9 Å². The van der Waals surface area contributed by atoms with Crippen molar-refractivity contribution in [2.75, 3.05) is 19.6 Å². The molecule has 1 aromatic carbocycles. The van der Waals surface area contributed by atoms with Gasteiger partial charge in [0.1, 0.15) is 0 Å². The molecule has 0 saturated carbocycles. The van der Waals surface area contributed by atoms with Crippen molar-refractivity contribution < 1.29 is 9.59 Å². The van der Waals surface area contributed by atoms with Crippen LogP contribution in [-0.4, -0.2) is 41.2 Å². The molecular formula is C18H24N2O2. The Morgan fingerprint density at radius 3 is 2.55 bits per heavy atom. The maximum absolute atomic E-state index is 12.6. The molecule has 22 heavy (non-hydrogen) atoms. The van der Waals surface area contributed by atoms with Gasteiger partial charge >= 0.3 is 0 Å². The lowest BCUT2D eigenvalue weighted by Gasteiger charge is -2.38. The summed E-state index contributed by atoms with van der Waals surface area (Å²) in [5.74, 6) is 0.249. The highest BCUT2D eigenvalue weighted by Gasteiger charge is 2.32. The molecule has 4 heteroatoms. The van der Waals surface area contributed by atoms with Gasteiger partial charge in [-0.05, 0) is 36.8 Å². The van der Waals surface area contributed by atoms with Crippen molar-refractivity contribution in [2.45, 2.75) is 45.1 Å². The minimum Gasteiger partial charge on any atom is -0.343 e. The molecule has 0 radical (unpaired) electrons. The number of carbonyl (C=O) groups is 2. The summed E-state index contributed by atoms with van der Waals surface area (Å²) in [6, 6.07) is 8.12. The molecule has 1 atom stereocenters. The van der Waals surface area contributed by atoms with Gasteiger partial charge in [0.15, 0.2) is 0 Å². The molecule has 0 aromatic heterocycles. The Balaban J connectivity index is 1.81. The Bertz CT molecular complexity index is 564. The van der Waals surface area contributed by atoms with Crippen LogP contribution < -0.4 is 0 Å². The van der Waals surface area contributed by atoms with Crippen LogP contribution in [0, 0.1) is 0 Å². The predicted octanol–water partition coefficient (Wildman–Crippen LogP) is 2.53. The lowest BCUT2D eigenvalue weighted by molar-refractivity contribution is -0.137. The summed E-state index contributed by atoms with van der Waals surface area (Å²) >= 11 is 0. The average Bonchev–Trinajstić information content (AvgIpc) is 2.55. The highest BCUT2D eigenvalue weighted by atomic mass is 16.2. The van der Waals surface area contributed by atoms with Gasteiger partial charge in [-0.25, -0.2) is 0 Å². The van der Waals surface area contributed by atoms with Crippen molar-refractivity contribution in [1.29, 1.82) is 0 Å². The fourth-order valence-electron chi connectivity index (χ4n) is 3.69. The molecule has 2 aliphatic rings. The summed E-state index contributed by atoms with van der Waals surface area (Å²) in [5.41, 5.74) is 2.42. The number of rotatable bonds is 2. The molecule has 4 nitrogen and oxygen atoms in total. The maximum atomic E-state index is 12.6. The summed E-state index contributed by atoms with van der Waals surface area (Å²) in [4.78, 5) is 28.4. The zero-order chi connectivity index (χ0) is 15.5. The fraction of sp³-hybridized carbons (Fsp3) is 0.556. The number of hydrogen-bond acceptors (Lipinski definition) is 2. The molecule has 0 N–H and O–H groups in total. The third-order valence-corrected chi connectivity index (χ3v) is 4.89. The molecular weight excluding hydrogens is 276 g/mol. The van der Waals surface area contributed by atoms with Crippen molar-refractivity contribution in [1.82, 2.24) is 9.80 Å². The van der Waals surface area contributed by atoms with E-state index in [4.69, 9.17) is 0 Å². The minimum absolute atomic E-state index is 0.0611. The van der Waals surface area contributed by atoms with E-state index in [0.29, 0.717) is 13.0 Å². The molecule has 0 spiro atoms. The number of amides is 2. The minimum atomic E-state index is -0.100. The second kappa shape index (κ2) is 6.51. The van der Waals surface area contributed by atoms with E-state index in [1.165, 1.54) is 12.0 Å². The van der Waals surface area contributed by atoms with Gasteiger partial charge in [0, 0.05) is 26.6 Å². The van der Waals surface area contributed by atoms with Crippen LogP contribution in [0.5, 0.6) is 0 Å². The van der Waals surface area contributed by atoms with Crippen LogP contribution in [0.3, 0.4) is 0 Å². The van der Waals surface area contributed by atoms with E-state index in [1.54, 1.807) is 6.92 Å². The summed E-state index contributed by atoms with van der Waals surface area (Å²) in [6.07, 6.45) is 4.71. The lowest BCUT2D eigenvalue weighted by atomic mass is 9.90. The van der Waals surface area contributed by atoms with Gasteiger partial charge < -0.3 is 9.80 Å². The highest BCUT2D eigenvalue weighted by Crippen LogP contribution is 2.33. The van der Waals surface area contributed by atoms with Crippen LogP contribution in [0.2, 0.25) is 0 Å². The summed E-state index contributed by atoms with van der Waals surface area (Å²) in [5, 5.41) is 0. The normalized spacial score (nSPS) is 21.4. The van der Waals surface area contributed by atoms with Crippen molar-refractivity contribution >= 4 is 11.8 Å². The Kier molecular flexibility index (Phi) is 4.46. The molecule has 1 aromatic rings. The van der Waals surface area contributed by atoms with Crippen LogP contribution in [0.4, 0.5) is 0 Å². The van der Waals surface area contributed by atoms with Gasteiger partial charge in [0.05, 0.1) is 12.5 Å². The van der Waals surface area contributed by atoms with Crippen LogP contribution in [0.1, 0.15) is 49.8 Å². The smallest absolute Gasteiger partial charge is 0.224 e. The van der Waals surface area contributed by atoms with E-state index in [-0.39, 0.29) is 17.9 Å². The standard InChI is InChI=1S/C18H24N2O2/c1-14(21)20-12-9-15-7-3-4-8-16(15)17(20)13-18(22)19-10-5-2-6-11-19/h3-4,7-8,17H,2,5-6,9-13H2,1H3. The van der Waals surface area contributed by atoms with Crippen LogP contribution in [-0.2, 0) is 16.0 Å². The Hall–Kier alpha value is -1.84. The summed E-state index contributed by atoms with van der Waals surface area (Å²) in [6.45, 7) is 4.05. The highest BCUT2D eigenvalue weighted by molar-refractivity contribution is 5.79. The Morgan fingerprint density at radius 2 is 1.82 bits per heavy atom. The Labute approximate surface area is 132 Å². The van der Waals surface area contributed by atoms with E-state index < -0.39 is 0 Å². The first-order chi connectivity index (χ1) is 10.7. The number of hydrogen-bond donors (Lipinski definition) is 0. The van der Waals surface area contributed by atoms with Gasteiger partial charge in [-0.1, -0.05) is 24.3 Å². The van der Waals surface area contributed by atoms with Gasteiger partial charge in [0.2, 0.25) is 11.8 Å². The van der Waals surface area contributed by atoms with Crippen molar-refractivity contribution in [2.24, 2.45) is 0 Å². The first-order valence-electron chi connectivity index (χ1n) is 8.29. The number of likely N-dealkylation sites (tertiary alicyclic amines) is 1. The molecule has 2 aliphatic heterocycles. The quantitative estimate of drug-likeness (QED) is 0.842. The summed E-state index contributed by atoms with van der Waals surface area (Å²) in [7, 11) is 0. The van der Waals surface area contributed by atoms with E-state index in [2.05, 4.69) is 12.1 Å². The summed E-state index contributed by atoms with van der Waals surface area (Å²) < 4.78 is 0. The van der Waals surface area contributed by atoms with E-state index in [1.807, 2.05) is 21.9 Å².